The monoisotopic (exact) mass is 330 g/mol. The number of nitrogens with zero attached hydrogens (tertiary/aromatic N) is 1. The molecule has 2 aliphatic carbocycles. The van der Waals surface area contributed by atoms with Crippen LogP contribution >= 0.6 is 0 Å². The van der Waals surface area contributed by atoms with Gasteiger partial charge in [-0.15, -0.1) is 0 Å². The molecular formula is C20H30N2O2. The lowest BCUT2D eigenvalue weighted by Crippen LogP contribution is -2.44. The lowest BCUT2D eigenvalue weighted by molar-refractivity contribution is -0.122. The van der Waals surface area contributed by atoms with E-state index >= 15 is 0 Å². The van der Waals surface area contributed by atoms with E-state index in [1.807, 2.05) is 18.0 Å². The van der Waals surface area contributed by atoms with Crippen LogP contribution in [0.25, 0.3) is 0 Å². The molecule has 0 aliphatic heterocycles. The summed E-state index contributed by atoms with van der Waals surface area (Å²) in [5, 5.41) is 13.1. The standard InChI is InChI=1S/C20H30N2O2/c1-22(13-18(23)16-9-10-16)14-19(24)21-15-20(11-5-6-12-20)17-7-3-2-4-8-17/h2-4,7-8,16,18,23H,5-6,9-15H2,1H3,(H,21,24). The van der Waals surface area contributed by atoms with Crippen molar-refractivity contribution in [2.75, 3.05) is 26.7 Å². The highest BCUT2D eigenvalue weighted by atomic mass is 16.3. The Hall–Kier alpha value is -1.39. The molecule has 0 aromatic heterocycles. The third-order valence-electron chi connectivity index (χ3n) is 5.65. The van der Waals surface area contributed by atoms with Gasteiger partial charge < -0.3 is 10.4 Å². The largest absolute Gasteiger partial charge is 0.392 e. The van der Waals surface area contributed by atoms with E-state index in [4.69, 9.17) is 0 Å². The van der Waals surface area contributed by atoms with Crippen LogP contribution in [0.15, 0.2) is 30.3 Å². The minimum atomic E-state index is -0.284. The van der Waals surface area contributed by atoms with E-state index in [0.717, 1.165) is 32.2 Å². The molecule has 132 valence electrons. The first kappa shape index (κ1) is 17.4. The number of aliphatic hydroxyl groups is 1. The van der Waals surface area contributed by atoms with Crippen LogP contribution in [0, 0.1) is 5.92 Å². The van der Waals surface area contributed by atoms with Crippen molar-refractivity contribution in [3.8, 4) is 0 Å². The number of rotatable bonds is 8. The van der Waals surface area contributed by atoms with Crippen LogP contribution in [0.4, 0.5) is 0 Å². The zero-order valence-electron chi connectivity index (χ0n) is 14.7. The van der Waals surface area contributed by atoms with Gasteiger partial charge in [-0.1, -0.05) is 43.2 Å². The van der Waals surface area contributed by atoms with Gasteiger partial charge in [-0.25, -0.2) is 0 Å². The molecule has 2 saturated carbocycles. The fraction of sp³-hybridized carbons (Fsp3) is 0.650. The highest BCUT2D eigenvalue weighted by Gasteiger charge is 2.36. The van der Waals surface area contributed by atoms with Crippen molar-refractivity contribution in [1.29, 1.82) is 0 Å². The minimum absolute atomic E-state index is 0.0581. The number of likely N-dealkylation sites (N-methyl/N-ethyl adjacent to an activating group) is 1. The van der Waals surface area contributed by atoms with E-state index < -0.39 is 0 Å². The maximum Gasteiger partial charge on any atom is 0.234 e. The molecule has 1 amide bonds. The average molecular weight is 330 g/mol. The lowest BCUT2D eigenvalue weighted by atomic mass is 9.79. The number of hydrogen-bond acceptors (Lipinski definition) is 3. The maximum atomic E-state index is 12.3. The topological polar surface area (TPSA) is 52.6 Å². The van der Waals surface area contributed by atoms with Gasteiger partial charge in [0.1, 0.15) is 0 Å². The first-order valence-corrected chi connectivity index (χ1v) is 9.28. The summed E-state index contributed by atoms with van der Waals surface area (Å²) in [4.78, 5) is 14.2. The van der Waals surface area contributed by atoms with Gasteiger partial charge in [0.2, 0.25) is 5.91 Å². The van der Waals surface area contributed by atoms with Crippen molar-refractivity contribution in [2.24, 2.45) is 5.92 Å². The fourth-order valence-electron chi connectivity index (χ4n) is 3.99. The zero-order valence-corrected chi connectivity index (χ0v) is 14.7. The lowest BCUT2D eigenvalue weighted by Gasteiger charge is -2.30. The molecule has 1 aromatic rings. The number of benzene rings is 1. The predicted molar refractivity (Wildman–Crippen MR) is 95.8 cm³/mol. The van der Waals surface area contributed by atoms with Crippen LogP contribution < -0.4 is 5.32 Å². The normalized spacial score (nSPS) is 21.0. The molecule has 0 bridgehead atoms. The Balaban J connectivity index is 1.50. The summed E-state index contributed by atoms with van der Waals surface area (Å²) >= 11 is 0. The first-order valence-electron chi connectivity index (χ1n) is 9.28. The van der Waals surface area contributed by atoms with Gasteiger partial charge in [0.05, 0.1) is 12.6 Å². The van der Waals surface area contributed by atoms with Crippen LogP contribution in [0.5, 0.6) is 0 Å². The van der Waals surface area contributed by atoms with Gasteiger partial charge in [-0.3, -0.25) is 9.69 Å². The molecule has 1 unspecified atom stereocenters. The number of amides is 1. The van der Waals surface area contributed by atoms with E-state index in [-0.39, 0.29) is 17.4 Å². The first-order chi connectivity index (χ1) is 11.6. The van der Waals surface area contributed by atoms with Crippen LogP contribution in [-0.4, -0.2) is 48.7 Å². The Labute approximate surface area is 145 Å². The molecule has 4 nitrogen and oxygen atoms in total. The Morgan fingerprint density at radius 1 is 1.29 bits per heavy atom. The highest BCUT2D eigenvalue weighted by molar-refractivity contribution is 5.78. The van der Waals surface area contributed by atoms with Crippen LogP contribution in [0.2, 0.25) is 0 Å². The second kappa shape index (κ2) is 7.66. The predicted octanol–water partition coefficient (Wildman–Crippen LogP) is 2.32. The second-order valence-electron chi connectivity index (χ2n) is 7.73. The summed E-state index contributed by atoms with van der Waals surface area (Å²) in [5.41, 5.74) is 1.45. The van der Waals surface area contributed by atoms with Crippen molar-refractivity contribution in [3.05, 3.63) is 35.9 Å². The van der Waals surface area contributed by atoms with Crippen LogP contribution in [-0.2, 0) is 10.2 Å². The third-order valence-corrected chi connectivity index (χ3v) is 5.65. The molecule has 0 saturated heterocycles. The number of nitrogens with one attached hydrogen (secondary N) is 1. The Morgan fingerprint density at radius 3 is 2.58 bits per heavy atom. The smallest absolute Gasteiger partial charge is 0.234 e. The molecule has 1 aromatic carbocycles. The zero-order chi connectivity index (χ0) is 17.0. The highest BCUT2D eigenvalue weighted by Crippen LogP contribution is 2.40. The molecule has 3 rings (SSSR count). The van der Waals surface area contributed by atoms with Crippen LogP contribution in [0.1, 0.15) is 44.1 Å². The van der Waals surface area contributed by atoms with Crippen molar-refractivity contribution < 1.29 is 9.90 Å². The van der Waals surface area contributed by atoms with E-state index in [9.17, 15) is 9.90 Å². The van der Waals surface area contributed by atoms with E-state index in [0.29, 0.717) is 19.0 Å². The van der Waals surface area contributed by atoms with Gasteiger partial charge >= 0.3 is 0 Å². The number of hydrogen-bond donors (Lipinski definition) is 2. The van der Waals surface area contributed by atoms with Gasteiger partial charge in [-0.2, -0.15) is 0 Å². The Bertz CT molecular complexity index is 536. The van der Waals surface area contributed by atoms with Crippen molar-refractivity contribution in [2.45, 2.75) is 50.0 Å². The summed E-state index contributed by atoms with van der Waals surface area (Å²) in [7, 11) is 1.91. The van der Waals surface area contributed by atoms with Gasteiger partial charge in [0.15, 0.2) is 0 Å². The number of carbonyl (C=O) groups excluding carboxylic acids is 1. The van der Waals surface area contributed by atoms with Crippen molar-refractivity contribution in [1.82, 2.24) is 10.2 Å². The SMILES string of the molecule is CN(CC(=O)NCC1(c2ccccc2)CCCC1)CC(O)C1CC1. The van der Waals surface area contributed by atoms with Crippen molar-refractivity contribution >= 4 is 5.91 Å². The second-order valence-corrected chi connectivity index (χ2v) is 7.73. The van der Waals surface area contributed by atoms with E-state index in [1.165, 1.54) is 18.4 Å². The molecule has 0 radical (unpaired) electrons. The van der Waals surface area contributed by atoms with Gasteiger partial charge in [0.25, 0.3) is 0 Å². The third kappa shape index (κ3) is 4.37. The van der Waals surface area contributed by atoms with Gasteiger partial charge in [0, 0.05) is 18.5 Å². The molecule has 1 atom stereocenters. The molecular weight excluding hydrogens is 300 g/mol. The van der Waals surface area contributed by atoms with Gasteiger partial charge in [-0.05, 0) is 44.2 Å². The molecule has 0 heterocycles. The van der Waals surface area contributed by atoms with Crippen molar-refractivity contribution in [3.63, 3.8) is 0 Å². The maximum absolute atomic E-state index is 12.3. The number of carbonyl (C=O) groups is 1. The molecule has 2 fully saturated rings. The minimum Gasteiger partial charge on any atom is -0.392 e. The summed E-state index contributed by atoms with van der Waals surface area (Å²) in [5.74, 6) is 0.512. The Kier molecular flexibility index (Phi) is 5.57. The summed E-state index contributed by atoms with van der Waals surface area (Å²) < 4.78 is 0. The average Bonchev–Trinajstić information content (AvgIpc) is 3.32. The molecule has 0 spiro atoms. The van der Waals surface area contributed by atoms with E-state index in [1.54, 1.807) is 0 Å². The molecule has 24 heavy (non-hydrogen) atoms. The fourth-order valence-corrected chi connectivity index (χ4v) is 3.99. The Morgan fingerprint density at radius 2 is 1.96 bits per heavy atom. The number of aliphatic hydroxyl groups excluding tert-OH is 1. The van der Waals surface area contributed by atoms with Crippen LogP contribution in [0.3, 0.4) is 0 Å². The summed E-state index contributed by atoms with van der Waals surface area (Å²) in [6, 6.07) is 10.6. The summed E-state index contributed by atoms with van der Waals surface area (Å²) in [6.45, 7) is 1.66. The molecule has 2 N–H and O–H groups in total. The molecule has 2 aliphatic rings. The summed E-state index contributed by atoms with van der Waals surface area (Å²) in [6.07, 6.45) is 6.73. The van der Waals surface area contributed by atoms with E-state index in [2.05, 4.69) is 29.6 Å². The molecule has 4 heteroatoms. The quantitative estimate of drug-likeness (QED) is 0.769.